The molecule has 1 saturated heterocycles. The number of morpholine rings is 1. The third kappa shape index (κ3) is 6.63. The summed E-state index contributed by atoms with van der Waals surface area (Å²) in [6.07, 6.45) is 1.04. The van der Waals surface area contributed by atoms with E-state index in [1.54, 1.807) is 36.1 Å². The number of aromatic amines is 1. The summed E-state index contributed by atoms with van der Waals surface area (Å²) in [6.45, 7) is 1.67. The van der Waals surface area contributed by atoms with E-state index < -0.39 is 45.4 Å². The van der Waals surface area contributed by atoms with E-state index in [0.717, 1.165) is 24.0 Å². The lowest BCUT2D eigenvalue weighted by Gasteiger charge is -2.49. The van der Waals surface area contributed by atoms with Gasteiger partial charge in [0.25, 0.3) is 5.91 Å². The second-order valence-electron chi connectivity index (χ2n) is 12.5. The summed E-state index contributed by atoms with van der Waals surface area (Å²) in [6, 6.07) is 19.2. The van der Waals surface area contributed by atoms with Crippen molar-refractivity contribution in [3.8, 4) is 0 Å². The molecule has 0 unspecified atom stereocenters. The van der Waals surface area contributed by atoms with Gasteiger partial charge in [0, 0.05) is 16.5 Å². The molecule has 3 aliphatic rings. The number of carbonyl (C=O) groups is 1. The number of anilines is 1. The molecule has 0 spiro atoms. The summed E-state index contributed by atoms with van der Waals surface area (Å²) in [5.41, 5.74) is 1.48. The smallest absolute Gasteiger partial charge is 0.253 e. The number of hydrogen-bond donors (Lipinski definition) is 1. The third-order valence-corrected chi connectivity index (χ3v) is 11.8. The highest BCUT2D eigenvalue weighted by atomic mass is 35.5. The molecule has 3 aromatic carbocycles. The highest BCUT2D eigenvalue weighted by Gasteiger charge is 2.52. The fraction of sp³-hybridized carbons (Fsp3) is 0.382. The molecule has 1 N–H and O–H groups in total. The average molecular weight is 699 g/mol. The lowest BCUT2D eigenvalue weighted by Crippen LogP contribution is -2.59. The summed E-state index contributed by atoms with van der Waals surface area (Å²) in [7, 11) is -3.91. The predicted octanol–water partition coefficient (Wildman–Crippen LogP) is 6.59. The first-order valence-corrected chi connectivity index (χ1v) is 18.0. The molecular formula is C34H34Cl2FN5O4S. The molecular weight excluding hydrogens is 664 g/mol. The molecule has 9 nitrogen and oxygen atoms in total. The molecule has 4 aromatic rings. The topological polar surface area (TPSA) is 108 Å². The average Bonchev–Trinajstić information content (AvgIpc) is 3.98. The molecule has 0 bridgehead atoms. The maximum absolute atomic E-state index is 15.4. The van der Waals surface area contributed by atoms with Crippen LogP contribution in [0.15, 0.2) is 72.8 Å². The van der Waals surface area contributed by atoms with Crippen molar-refractivity contribution < 1.29 is 22.3 Å². The van der Waals surface area contributed by atoms with E-state index in [4.69, 9.17) is 27.9 Å². The van der Waals surface area contributed by atoms with Crippen LogP contribution in [0.2, 0.25) is 10.0 Å². The van der Waals surface area contributed by atoms with Crippen molar-refractivity contribution >= 4 is 44.8 Å². The van der Waals surface area contributed by atoms with E-state index in [2.05, 4.69) is 15.2 Å². The zero-order valence-electron chi connectivity index (χ0n) is 25.6. The van der Waals surface area contributed by atoms with Gasteiger partial charge in [0.15, 0.2) is 5.82 Å². The lowest BCUT2D eigenvalue weighted by atomic mass is 9.89. The number of ether oxygens (including phenoxy) is 1. The Morgan fingerprint density at radius 3 is 2.38 bits per heavy atom. The van der Waals surface area contributed by atoms with Gasteiger partial charge < -0.3 is 9.64 Å². The zero-order chi connectivity index (χ0) is 32.9. The molecule has 2 heterocycles. The summed E-state index contributed by atoms with van der Waals surface area (Å²) >= 11 is 12.8. The number of H-pyrrole nitrogens is 1. The van der Waals surface area contributed by atoms with Crippen molar-refractivity contribution in [2.45, 2.75) is 68.6 Å². The molecule has 1 amide bonds. The van der Waals surface area contributed by atoms with Gasteiger partial charge in [0.1, 0.15) is 23.8 Å². The molecule has 246 valence electrons. The standard InChI is InChI=1S/C34H34Cl2FN5O4S/c1-20-38-31(40-39-20)18-30-34(43)42(32(22-11-13-24(35)14-12-22)33(46-30)23-5-4-6-25(36)17-23)29(21-9-10-21)19-41(47(44,45)26-15-16-26)28-8-3-2-7-27(28)37/h2-8,11-14,17,21,26,29-30,32-33H,9-10,15-16,18-19H2,1H3,(H,38,39,40)/t29-,30+,32-,33-/m1/s1. The molecule has 13 heteroatoms. The summed E-state index contributed by atoms with van der Waals surface area (Å²) in [5.74, 6) is 0.0559. The Labute approximate surface area is 283 Å². The number of halogens is 3. The molecule has 2 aliphatic carbocycles. The van der Waals surface area contributed by atoms with Crippen LogP contribution < -0.4 is 4.31 Å². The predicted molar refractivity (Wildman–Crippen MR) is 177 cm³/mol. The summed E-state index contributed by atoms with van der Waals surface area (Å²) in [5, 5.41) is 7.54. The second kappa shape index (κ2) is 12.8. The van der Waals surface area contributed by atoms with Crippen LogP contribution in [0.3, 0.4) is 0 Å². The van der Waals surface area contributed by atoms with Gasteiger partial charge in [0.2, 0.25) is 10.0 Å². The number of amides is 1. The molecule has 7 rings (SSSR count). The van der Waals surface area contributed by atoms with Crippen LogP contribution in [0.4, 0.5) is 10.1 Å². The zero-order valence-corrected chi connectivity index (χ0v) is 27.9. The number of carbonyl (C=O) groups excluding carboxylic acids is 1. The van der Waals surface area contributed by atoms with Gasteiger partial charge in [-0.15, -0.1) is 0 Å². The van der Waals surface area contributed by atoms with Gasteiger partial charge in [-0.25, -0.2) is 17.8 Å². The Kier molecular flexibility index (Phi) is 8.75. The van der Waals surface area contributed by atoms with Crippen LogP contribution in [-0.4, -0.2) is 58.3 Å². The van der Waals surface area contributed by atoms with Crippen molar-refractivity contribution in [1.82, 2.24) is 20.1 Å². The van der Waals surface area contributed by atoms with Gasteiger partial charge in [0.05, 0.1) is 29.6 Å². The maximum atomic E-state index is 15.4. The molecule has 1 aromatic heterocycles. The van der Waals surface area contributed by atoms with Gasteiger partial charge in [-0.2, -0.15) is 5.10 Å². The molecule has 47 heavy (non-hydrogen) atoms. The highest BCUT2D eigenvalue weighted by Crippen LogP contribution is 2.49. The minimum absolute atomic E-state index is 0.0121. The SMILES string of the molecule is Cc1nc(C[C@@H]2O[C@H](c3cccc(Cl)c3)[C@@H](c3ccc(Cl)cc3)N([C@H](CN(c3ccccc3F)S(=O)(=O)C3CC3)C3CC3)C2=O)n[nH]1. The van der Waals surface area contributed by atoms with Gasteiger partial charge in [-0.05, 0) is 86.1 Å². The number of para-hydroxylation sites is 1. The molecule has 3 fully saturated rings. The van der Waals surface area contributed by atoms with E-state index in [1.165, 1.54) is 22.5 Å². The van der Waals surface area contributed by atoms with E-state index in [9.17, 15) is 13.2 Å². The Balaban J connectivity index is 1.37. The number of hydrogen-bond acceptors (Lipinski definition) is 6. The van der Waals surface area contributed by atoms with Crippen LogP contribution in [-0.2, 0) is 26.0 Å². The normalized spacial score (nSPS) is 22.3. The van der Waals surface area contributed by atoms with Crippen LogP contribution in [0.1, 0.15) is 60.6 Å². The maximum Gasteiger partial charge on any atom is 0.253 e. The van der Waals surface area contributed by atoms with E-state index >= 15 is 4.39 Å². The molecule has 2 saturated carbocycles. The fourth-order valence-electron chi connectivity index (χ4n) is 6.50. The number of nitrogens with one attached hydrogen (secondary N) is 1. The van der Waals surface area contributed by atoms with Crippen molar-refractivity contribution in [3.63, 3.8) is 0 Å². The van der Waals surface area contributed by atoms with Crippen LogP contribution in [0.25, 0.3) is 0 Å². The van der Waals surface area contributed by atoms with E-state index in [1.807, 2.05) is 30.3 Å². The van der Waals surface area contributed by atoms with Gasteiger partial charge in [-0.1, -0.05) is 59.6 Å². The van der Waals surface area contributed by atoms with Crippen molar-refractivity contribution in [3.05, 3.63) is 111 Å². The highest BCUT2D eigenvalue weighted by molar-refractivity contribution is 7.93. The first-order chi connectivity index (χ1) is 22.6. The van der Waals surface area contributed by atoms with Crippen LogP contribution in [0.5, 0.6) is 0 Å². The first-order valence-electron chi connectivity index (χ1n) is 15.7. The number of sulfonamides is 1. The minimum atomic E-state index is -3.91. The Hall–Kier alpha value is -3.51. The number of aryl methyl sites for hydroxylation is 1. The van der Waals surface area contributed by atoms with Crippen molar-refractivity contribution in [1.29, 1.82) is 0 Å². The quantitative estimate of drug-likeness (QED) is 0.190. The molecule has 0 radical (unpaired) electrons. The summed E-state index contributed by atoms with van der Waals surface area (Å²) in [4.78, 5) is 21.0. The second-order valence-corrected chi connectivity index (χ2v) is 15.5. The Morgan fingerprint density at radius 1 is 1.00 bits per heavy atom. The van der Waals surface area contributed by atoms with Crippen LogP contribution in [0, 0.1) is 18.7 Å². The Morgan fingerprint density at radius 2 is 1.74 bits per heavy atom. The lowest BCUT2D eigenvalue weighted by molar-refractivity contribution is -0.179. The van der Waals surface area contributed by atoms with Gasteiger partial charge >= 0.3 is 0 Å². The Bertz CT molecular complexity index is 1880. The van der Waals surface area contributed by atoms with E-state index in [0.29, 0.717) is 34.5 Å². The van der Waals surface area contributed by atoms with Crippen molar-refractivity contribution in [2.24, 2.45) is 5.92 Å². The number of aromatic nitrogens is 3. The van der Waals surface area contributed by atoms with Crippen molar-refractivity contribution in [2.75, 3.05) is 10.8 Å². The monoisotopic (exact) mass is 697 g/mol. The van der Waals surface area contributed by atoms with E-state index in [-0.39, 0.29) is 30.5 Å². The number of nitrogens with zero attached hydrogens (tertiary/aromatic N) is 4. The molecule has 4 atom stereocenters. The number of benzene rings is 3. The fourth-order valence-corrected chi connectivity index (χ4v) is 8.70. The first kappa shape index (κ1) is 32.1. The minimum Gasteiger partial charge on any atom is -0.357 e. The molecule has 1 aliphatic heterocycles. The summed E-state index contributed by atoms with van der Waals surface area (Å²) < 4.78 is 51.3. The largest absolute Gasteiger partial charge is 0.357 e. The third-order valence-electron chi connectivity index (χ3n) is 9.08. The van der Waals surface area contributed by atoms with Crippen LogP contribution >= 0.6 is 23.2 Å². The number of rotatable bonds is 11. The van der Waals surface area contributed by atoms with Gasteiger partial charge in [-0.3, -0.25) is 14.2 Å².